The van der Waals surface area contributed by atoms with Crippen LogP contribution in [0.3, 0.4) is 0 Å². The van der Waals surface area contributed by atoms with E-state index in [1.54, 1.807) is 12.1 Å². The number of fused-ring (bicyclic) bond motifs is 1. The van der Waals surface area contributed by atoms with Crippen molar-refractivity contribution < 1.29 is 22.4 Å². The molecule has 35 heavy (non-hydrogen) atoms. The lowest BCUT2D eigenvalue weighted by Crippen LogP contribution is -2.41. The Morgan fingerprint density at radius 2 is 1.71 bits per heavy atom. The van der Waals surface area contributed by atoms with Gasteiger partial charge in [0.05, 0.1) is 24.5 Å². The van der Waals surface area contributed by atoms with Crippen molar-refractivity contribution in [2.45, 2.75) is 11.3 Å². The maximum atomic E-state index is 12.5. The van der Waals surface area contributed by atoms with Crippen LogP contribution in [0.15, 0.2) is 76.0 Å². The summed E-state index contributed by atoms with van der Waals surface area (Å²) in [6.07, 6.45) is 1.53. The highest BCUT2D eigenvalue weighted by atomic mass is 32.2. The van der Waals surface area contributed by atoms with Crippen LogP contribution < -0.4 is 5.32 Å². The Morgan fingerprint density at radius 3 is 2.40 bits per heavy atom. The van der Waals surface area contributed by atoms with Crippen LogP contribution in [0.5, 0.6) is 0 Å². The van der Waals surface area contributed by atoms with E-state index >= 15 is 0 Å². The molecule has 0 unspecified atom stereocenters. The van der Waals surface area contributed by atoms with E-state index in [9.17, 15) is 13.2 Å². The molecule has 1 fully saturated rings. The van der Waals surface area contributed by atoms with E-state index in [0.717, 1.165) is 16.7 Å². The van der Waals surface area contributed by atoms with Gasteiger partial charge < -0.3 is 19.4 Å². The first kappa shape index (κ1) is 23.1. The van der Waals surface area contributed by atoms with Crippen molar-refractivity contribution in [3.05, 3.63) is 72.3 Å². The molecule has 0 aliphatic carbocycles. The summed E-state index contributed by atoms with van der Waals surface area (Å²) < 4.78 is 34.7. The average molecular weight is 492 g/mol. The highest BCUT2D eigenvalue weighted by Gasteiger charge is 2.17. The molecule has 8 nitrogen and oxygen atoms in total. The van der Waals surface area contributed by atoms with Crippen LogP contribution in [0.2, 0.25) is 0 Å². The maximum absolute atomic E-state index is 12.5. The lowest BCUT2D eigenvalue weighted by molar-refractivity contribution is -0.134. The van der Waals surface area contributed by atoms with Crippen LogP contribution in [0.25, 0.3) is 22.2 Å². The molecule has 1 aliphatic heterocycles. The number of ether oxygens (including phenoxy) is 1. The lowest BCUT2D eigenvalue weighted by atomic mass is 10.0. The zero-order valence-electron chi connectivity index (χ0n) is 19.2. The molecule has 1 amide bonds. The quantitative estimate of drug-likeness (QED) is 0.434. The fourth-order valence-corrected chi connectivity index (χ4v) is 4.67. The number of rotatable bonds is 6. The summed E-state index contributed by atoms with van der Waals surface area (Å²) in [5, 5.41) is 3.09. The summed E-state index contributed by atoms with van der Waals surface area (Å²) in [6.45, 7) is 2.47. The third-order valence-corrected chi connectivity index (χ3v) is 7.06. The smallest absolute Gasteiger partial charge is 0.300 e. The summed E-state index contributed by atoms with van der Waals surface area (Å²) in [7, 11) is -3.26. The van der Waals surface area contributed by atoms with Crippen molar-refractivity contribution in [1.82, 2.24) is 9.88 Å². The Hall–Kier alpha value is -3.69. The fourth-order valence-electron chi connectivity index (χ4n) is 4.04. The molecule has 0 saturated carbocycles. The third-order valence-electron chi connectivity index (χ3n) is 5.93. The molecule has 1 aromatic heterocycles. The minimum absolute atomic E-state index is 0.110. The Labute approximate surface area is 203 Å². The van der Waals surface area contributed by atoms with Gasteiger partial charge in [-0.1, -0.05) is 36.4 Å². The number of para-hydroxylation sites is 1. The highest BCUT2D eigenvalue weighted by molar-refractivity contribution is 7.90. The SMILES string of the molecule is CS(=O)(=O)c1ccc(Nc2nc3cccc(-c4ccc(CC(=O)N5CCOCC5)cc4)c3o2)cc1. The molecule has 9 heteroatoms. The number of sulfone groups is 1. The number of carbonyl (C=O) groups is 1. The Bertz CT molecular complexity index is 1460. The van der Waals surface area contributed by atoms with Gasteiger partial charge in [0.25, 0.3) is 6.01 Å². The number of carbonyl (C=O) groups excluding carboxylic acids is 1. The number of morpholine rings is 1. The van der Waals surface area contributed by atoms with Crippen LogP contribution in [-0.2, 0) is 25.8 Å². The normalized spacial score (nSPS) is 14.3. The third kappa shape index (κ3) is 5.21. The lowest BCUT2D eigenvalue weighted by Gasteiger charge is -2.26. The zero-order valence-corrected chi connectivity index (χ0v) is 20.0. The predicted octanol–water partition coefficient (Wildman–Crippen LogP) is 4.04. The van der Waals surface area contributed by atoms with E-state index in [1.807, 2.05) is 47.4 Å². The first-order valence-electron chi connectivity index (χ1n) is 11.3. The molecule has 1 aliphatic rings. The number of oxazole rings is 1. The van der Waals surface area contributed by atoms with Gasteiger partial charge in [0.1, 0.15) is 5.52 Å². The topological polar surface area (TPSA) is 102 Å². The van der Waals surface area contributed by atoms with Crippen LogP contribution in [-0.4, -0.2) is 56.8 Å². The van der Waals surface area contributed by atoms with E-state index in [2.05, 4.69) is 10.3 Å². The molecule has 5 rings (SSSR count). The first-order chi connectivity index (χ1) is 16.9. The van der Waals surface area contributed by atoms with E-state index in [1.165, 1.54) is 18.4 Å². The Morgan fingerprint density at radius 1 is 1.00 bits per heavy atom. The number of nitrogens with one attached hydrogen (secondary N) is 1. The van der Waals surface area contributed by atoms with Gasteiger partial charge in [0.15, 0.2) is 15.4 Å². The van der Waals surface area contributed by atoms with Gasteiger partial charge in [-0.15, -0.1) is 0 Å². The van der Waals surface area contributed by atoms with Crippen molar-refractivity contribution in [2.24, 2.45) is 0 Å². The summed E-state index contributed by atoms with van der Waals surface area (Å²) >= 11 is 0. The van der Waals surface area contributed by atoms with Crippen LogP contribution >= 0.6 is 0 Å². The van der Waals surface area contributed by atoms with Gasteiger partial charge in [0.2, 0.25) is 5.91 Å². The Kier molecular flexibility index (Phi) is 6.27. The van der Waals surface area contributed by atoms with Gasteiger partial charge in [-0.25, -0.2) is 8.42 Å². The number of hydrogen-bond acceptors (Lipinski definition) is 7. The van der Waals surface area contributed by atoms with E-state index in [0.29, 0.717) is 55.5 Å². The van der Waals surface area contributed by atoms with Gasteiger partial charge in [-0.3, -0.25) is 4.79 Å². The number of amides is 1. The summed E-state index contributed by atoms with van der Waals surface area (Å²) in [6, 6.07) is 20.4. The monoisotopic (exact) mass is 491 g/mol. The average Bonchev–Trinajstić information content (AvgIpc) is 3.27. The second kappa shape index (κ2) is 9.52. The number of anilines is 2. The second-order valence-electron chi connectivity index (χ2n) is 8.46. The molecule has 0 bridgehead atoms. The van der Waals surface area contributed by atoms with Gasteiger partial charge in [-0.2, -0.15) is 4.98 Å². The van der Waals surface area contributed by atoms with E-state index in [-0.39, 0.29) is 10.8 Å². The van der Waals surface area contributed by atoms with Crippen molar-refractivity contribution in [1.29, 1.82) is 0 Å². The number of hydrogen-bond donors (Lipinski definition) is 1. The Balaban J connectivity index is 1.34. The number of benzene rings is 3. The van der Waals surface area contributed by atoms with Crippen molar-refractivity contribution in [3.63, 3.8) is 0 Å². The molecule has 180 valence electrons. The van der Waals surface area contributed by atoms with Gasteiger partial charge in [0, 0.05) is 30.6 Å². The second-order valence-corrected chi connectivity index (χ2v) is 10.5. The standard InChI is InChI=1S/C26H25N3O5S/c1-35(31,32)21-11-9-20(10-12-21)27-26-28-23-4-2-3-22(25(23)34-26)19-7-5-18(6-8-19)17-24(30)29-13-15-33-16-14-29/h2-12H,13-17H2,1H3,(H,27,28). The summed E-state index contributed by atoms with van der Waals surface area (Å²) in [5.41, 5.74) is 4.80. The fraction of sp³-hybridized carbons (Fsp3) is 0.231. The van der Waals surface area contributed by atoms with Crippen molar-refractivity contribution in [3.8, 4) is 11.1 Å². The van der Waals surface area contributed by atoms with E-state index in [4.69, 9.17) is 9.15 Å². The molecule has 1 saturated heterocycles. The minimum atomic E-state index is -3.26. The molecule has 0 spiro atoms. The zero-order chi connectivity index (χ0) is 24.4. The molecule has 2 heterocycles. The molecule has 4 aromatic rings. The maximum Gasteiger partial charge on any atom is 0.300 e. The molecule has 3 aromatic carbocycles. The highest BCUT2D eigenvalue weighted by Crippen LogP contribution is 2.32. The minimum Gasteiger partial charge on any atom is -0.423 e. The van der Waals surface area contributed by atoms with Crippen LogP contribution in [0.4, 0.5) is 11.7 Å². The molecular formula is C26H25N3O5S. The van der Waals surface area contributed by atoms with Crippen LogP contribution in [0, 0.1) is 0 Å². The van der Waals surface area contributed by atoms with E-state index < -0.39 is 9.84 Å². The summed E-state index contributed by atoms with van der Waals surface area (Å²) in [4.78, 5) is 19.1. The molecule has 0 radical (unpaired) electrons. The van der Waals surface area contributed by atoms with Crippen LogP contribution in [0.1, 0.15) is 5.56 Å². The largest absolute Gasteiger partial charge is 0.423 e. The molecular weight excluding hydrogens is 466 g/mol. The van der Waals surface area contributed by atoms with Gasteiger partial charge in [-0.05, 0) is 41.5 Å². The predicted molar refractivity (Wildman–Crippen MR) is 133 cm³/mol. The van der Waals surface area contributed by atoms with Crippen molar-refractivity contribution >= 4 is 38.5 Å². The van der Waals surface area contributed by atoms with Gasteiger partial charge >= 0.3 is 0 Å². The summed E-state index contributed by atoms with van der Waals surface area (Å²) in [5.74, 6) is 0.110. The number of aromatic nitrogens is 1. The molecule has 0 atom stereocenters. The van der Waals surface area contributed by atoms with Crippen molar-refractivity contribution in [2.75, 3.05) is 37.9 Å². The number of nitrogens with zero attached hydrogens (tertiary/aromatic N) is 2. The first-order valence-corrected chi connectivity index (χ1v) is 13.2. The molecule has 1 N–H and O–H groups in total.